The highest BCUT2D eigenvalue weighted by Crippen LogP contribution is 2.45. The SMILES string of the molecule is COc1cc(Cl)c(C)cc1NC(=O)[C@@H]1c2ccccc2C(=O)N(C)[C@H]1c1cn(C)c2ccccc12. The number of nitrogens with one attached hydrogen (secondary N) is 1. The Kier molecular flexibility index (Phi) is 5.77. The van der Waals surface area contributed by atoms with Crippen LogP contribution in [0.1, 0.15) is 39.0 Å². The first kappa shape index (κ1) is 23.0. The summed E-state index contributed by atoms with van der Waals surface area (Å²) in [6.07, 6.45) is 2.01. The molecule has 1 aliphatic rings. The summed E-state index contributed by atoms with van der Waals surface area (Å²) in [6.45, 7) is 1.87. The molecule has 6 nitrogen and oxygen atoms in total. The number of nitrogens with zero attached hydrogens (tertiary/aromatic N) is 2. The minimum Gasteiger partial charge on any atom is -0.495 e. The first-order valence-corrected chi connectivity index (χ1v) is 11.7. The zero-order valence-electron chi connectivity index (χ0n) is 20.0. The summed E-state index contributed by atoms with van der Waals surface area (Å²) in [5.41, 5.74) is 4.56. The van der Waals surface area contributed by atoms with Crippen molar-refractivity contribution in [2.24, 2.45) is 7.05 Å². The van der Waals surface area contributed by atoms with Crippen LogP contribution < -0.4 is 10.1 Å². The van der Waals surface area contributed by atoms with Gasteiger partial charge in [0, 0.05) is 53.4 Å². The van der Waals surface area contributed by atoms with Crippen molar-refractivity contribution in [1.82, 2.24) is 9.47 Å². The van der Waals surface area contributed by atoms with E-state index in [1.54, 1.807) is 30.1 Å². The molecule has 0 fully saturated rings. The molecule has 2 heterocycles. The van der Waals surface area contributed by atoms with Crippen LogP contribution >= 0.6 is 11.6 Å². The quantitative estimate of drug-likeness (QED) is 0.401. The number of methoxy groups -OCH3 is 1. The van der Waals surface area contributed by atoms with Crippen molar-refractivity contribution in [2.75, 3.05) is 19.5 Å². The maximum Gasteiger partial charge on any atom is 0.254 e. The number of hydrogen-bond donors (Lipinski definition) is 1. The summed E-state index contributed by atoms with van der Waals surface area (Å²) in [7, 11) is 5.27. The molecule has 3 aromatic carbocycles. The van der Waals surface area contributed by atoms with Gasteiger partial charge in [-0.2, -0.15) is 0 Å². The summed E-state index contributed by atoms with van der Waals surface area (Å²) >= 11 is 6.27. The van der Waals surface area contributed by atoms with E-state index in [1.807, 2.05) is 67.2 Å². The standard InChI is InChI=1S/C28H26ClN3O3/c1-16-13-22(24(35-4)14-21(16)29)30-27(33)25-18-10-5-6-11-19(18)28(34)32(3)26(25)20-15-31(2)23-12-8-7-9-17(20)23/h5-15,25-26H,1-4H3,(H,30,33)/t25-,26+/m1/s1. The molecule has 0 saturated heterocycles. The molecule has 2 atom stereocenters. The van der Waals surface area contributed by atoms with Crippen molar-refractivity contribution in [2.45, 2.75) is 18.9 Å². The molecule has 4 aromatic rings. The smallest absolute Gasteiger partial charge is 0.254 e. The number of aromatic nitrogens is 1. The molecule has 0 bridgehead atoms. The summed E-state index contributed by atoms with van der Waals surface area (Å²) in [5.74, 6) is -0.498. The van der Waals surface area contributed by atoms with Crippen molar-refractivity contribution in [3.8, 4) is 5.75 Å². The van der Waals surface area contributed by atoms with Crippen molar-refractivity contribution >= 4 is 40.0 Å². The molecule has 1 aromatic heterocycles. The van der Waals surface area contributed by atoms with Crippen molar-refractivity contribution < 1.29 is 14.3 Å². The highest BCUT2D eigenvalue weighted by atomic mass is 35.5. The normalized spacial score (nSPS) is 17.4. The maximum atomic E-state index is 14.0. The number of carbonyl (C=O) groups excluding carboxylic acids is 2. The molecular weight excluding hydrogens is 462 g/mol. The maximum absolute atomic E-state index is 14.0. The fourth-order valence-electron chi connectivity index (χ4n) is 5.09. The van der Waals surface area contributed by atoms with E-state index in [9.17, 15) is 9.59 Å². The van der Waals surface area contributed by atoms with Gasteiger partial charge >= 0.3 is 0 Å². The van der Waals surface area contributed by atoms with E-state index < -0.39 is 12.0 Å². The van der Waals surface area contributed by atoms with E-state index in [0.717, 1.165) is 22.0 Å². The molecule has 0 unspecified atom stereocenters. The van der Waals surface area contributed by atoms with E-state index in [2.05, 4.69) is 5.32 Å². The average Bonchev–Trinajstić information content (AvgIpc) is 3.19. The fraction of sp³-hybridized carbons (Fsp3) is 0.214. The van der Waals surface area contributed by atoms with Crippen LogP contribution in [0.5, 0.6) is 5.75 Å². The molecule has 178 valence electrons. The van der Waals surface area contributed by atoms with Gasteiger partial charge in [-0.15, -0.1) is 0 Å². The summed E-state index contributed by atoms with van der Waals surface area (Å²) in [6, 6.07) is 18.4. The van der Waals surface area contributed by atoms with Gasteiger partial charge < -0.3 is 19.5 Å². The number of ether oxygens (including phenoxy) is 1. The van der Waals surface area contributed by atoms with Crippen LogP contribution in [0.15, 0.2) is 66.9 Å². The number of fused-ring (bicyclic) bond motifs is 2. The predicted octanol–water partition coefficient (Wildman–Crippen LogP) is 5.70. The number of rotatable bonds is 4. The lowest BCUT2D eigenvalue weighted by atomic mass is 9.79. The van der Waals surface area contributed by atoms with Gasteiger partial charge in [0.15, 0.2) is 0 Å². The van der Waals surface area contributed by atoms with Crippen LogP contribution in [-0.2, 0) is 11.8 Å². The molecular formula is C28H26ClN3O3. The first-order chi connectivity index (χ1) is 16.8. The Balaban J connectivity index is 1.67. The molecule has 35 heavy (non-hydrogen) atoms. The number of para-hydroxylation sites is 1. The first-order valence-electron chi connectivity index (χ1n) is 11.4. The Morgan fingerprint density at radius 2 is 1.74 bits per heavy atom. The predicted molar refractivity (Wildman–Crippen MR) is 138 cm³/mol. The van der Waals surface area contributed by atoms with Gasteiger partial charge in [-0.05, 0) is 36.2 Å². The number of halogens is 1. The Morgan fingerprint density at radius 1 is 1.03 bits per heavy atom. The number of hydrogen-bond acceptors (Lipinski definition) is 3. The van der Waals surface area contributed by atoms with Gasteiger partial charge in [0.05, 0.1) is 24.8 Å². The minimum absolute atomic E-state index is 0.109. The minimum atomic E-state index is -0.639. The zero-order chi connectivity index (χ0) is 24.9. The lowest BCUT2D eigenvalue weighted by Crippen LogP contribution is -2.44. The summed E-state index contributed by atoms with van der Waals surface area (Å²) in [5, 5.41) is 4.63. The van der Waals surface area contributed by atoms with Gasteiger partial charge in [-0.1, -0.05) is 48.0 Å². The lowest BCUT2D eigenvalue weighted by molar-refractivity contribution is -0.119. The van der Waals surface area contributed by atoms with E-state index in [-0.39, 0.29) is 11.8 Å². The summed E-state index contributed by atoms with van der Waals surface area (Å²) in [4.78, 5) is 29.1. The second-order valence-electron chi connectivity index (χ2n) is 8.93. The van der Waals surface area contributed by atoms with Crippen molar-refractivity contribution in [3.05, 3.63) is 94.1 Å². The number of aryl methyl sites for hydroxylation is 2. The van der Waals surface area contributed by atoms with Crippen LogP contribution in [0.2, 0.25) is 5.02 Å². The number of likely N-dealkylation sites (N-methyl/N-ethyl adjacent to an activating group) is 1. The molecule has 5 rings (SSSR count). The van der Waals surface area contributed by atoms with Gasteiger partial charge in [0.1, 0.15) is 5.75 Å². The second kappa shape index (κ2) is 8.78. The topological polar surface area (TPSA) is 63.6 Å². The van der Waals surface area contributed by atoms with Crippen molar-refractivity contribution in [3.63, 3.8) is 0 Å². The molecule has 2 amide bonds. The third-order valence-electron chi connectivity index (χ3n) is 6.85. The Hall–Kier alpha value is -3.77. The van der Waals surface area contributed by atoms with Gasteiger partial charge in [-0.25, -0.2) is 0 Å². The Labute approximate surface area is 209 Å². The van der Waals surface area contributed by atoms with Crippen LogP contribution in [0.3, 0.4) is 0 Å². The largest absolute Gasteiger partial charge is 0.495 e. The van der Waals surface area contributed by atoms with Crippen molar-refractivity contribution in [1.29, 1.82) is 0 Å². The molecule has 1 aliphatic heterocycles. The van der Waals surface area contributed by atoms with Crippen LogP contribution in [-0.4, -0.2) is 35.4 Å². The number of amides is 2. The molecule has 0 saturated carbocycles. The third-order valence-corrected chi connectivity index (χ3v) is 7.25. The molecule has 7 heteroatoms. The second-order valence-corrected chi connectivity index (χ2v) is 9.34. The van der Waals surface area contributed by atoms with Crippen LogP contribution in [0, 0.1) is 6.92 Å². The number of benzene rings is 3. The Bertz CT molecular complexity index is 1480. The molecule has 1 N–H and O–H groups in total. The molecule has 0 aliphatic carbocycles. The molecule has 0 radical (unpaired) electrons. The Morgan fingerprint density at radius 3 is 2.51 bits per heavy atom. The highest BCUT2D eigenvalue weighted by molar-refractivity contribution is 6.31. The average molecular weight is 488 g/mol. The molecule has 0 spiro atoms. The lowest BCUT2D eigenvalue weighted by Gasteiger charge is -2.39. The van der Waals surface area contributed by atoms with E-state index in [4.69, 9.17) is 16.3 Å². The van der Waals surface area contributed by atoms with Crippen LogP contribution in [0.4, 0.5) is 5.69 Å². The highest BCUT2D eigenvalue weighted by Gasteiger charge is 2.43. The van der Waals surface area contributed by atoms with Gasteiger partial charge in [0.2, 0.25) is 5.91 Å². The zero-order valence-corrected chi connectivity index (χ0v) is 20.8. The number of anilines is 1. The van der Waals surface area contributed by atoms with E-state index in [1.165, 1.54) is 7.11 Å². The van der Waals surface area contributed by atoms with Crippen LogP contribution in [0.25, 0.3) is 10.9 Å². The van der Waals surface area contributed by atoms with E-state index >= 15 is 0 Å². The number of carbonyl (C=O) groups is 2. The third kappa shape index (κ3) is 3.74. The fourth-order valence-corrected chi connectivity index (χ4v) is 5.25. The monoisotopic (exact) mass is 487 g/mol. The van der Waals surface area contributed by atoms with Gasteiger partial charge in [0.25, 0.3) is 5.91 Å². The van der Waals surface area contributed by atoms with Gasteiger partial charge in [-0.3, -0.25) is 9.59 Å². The summed E-state index contributed by atoms with van der Waals surface area (Å²) < 4.78 is 7.51. The van der Waals surface area contributed by atoms with E-state index in [0.29, 0.717) is 27.6 Å².